The minimum atomic E-state index is 1.23. The fourth-order valence-corrected chi connectivity index (χ4v) is 8.86. The van der Waals surface area contributed by atoms with Crippen molar-refractivity contribution in [3.63, 3.8) is 0 Å². The van der Waals surface area contributed by atoms with E-state index in [4.69, 9.17) is 0 Å². The Balaban J connectivity index is 1.07. The van der Waals surface area contributed by atoms with Crippen molar-refractivity contribution >= 4 is 54.0 Å². The summed E-state index contributed by atoms with van der Waals surface area (Å²) in [7, 11) is 0. The third-order valence-electron chi connectivity index (χ3n) is 8.53. The number of hydrogen-bond acceptors (Lipinski definition) is 2. The maximum atomic E-state index is 2.30. The van der Waals surface area contributed by atoms with Crippen LogP contribution in [-0.4, -0.2) is 0 Å². The van der Waals surface area contributed by atoms with E-state index >= 15 is 0 Å². The van der Waals surface area contributed by atoms with Gasteiger partial charge in [0.1, 0.15) is 0 Å². The fourth-order valence-electron chi connectivity index (χ4n) is 6.49. The molecule has 9 rings (SSSR count). The van der Waals surface area contributed by atoms with E-state index in [1.54, 1.807) is 0 Å². The SMILES string of the molecule is c1ccc2c(c1)Sc1ccc(-c3ccc(-c4ccc(-c5cccc6c5sc5ccccc56)cc4)cc3)c3cccc-2c13. The van der Waals surface area contributed by atoms with Crippen LogP contribution in [0.3, 0.4) is 0 Å². The van der Waals surface area contributed by atoms with Gasteiger partial charge in [-0.2, -0.15) is 0 Å². The molecule has 2 heterocycles. The summed E-state index contributed by atoms with van der Waals surface area (Å²) in [5.41, 5.74) is 10.2. The fraction of sp³-hybridized carbons (Fsp3) is 0. The number of hydrogen-bond donors (Lipinski definition) is 0. The summed E-state index contributed by atoms with van der Waals surface area (Å²) in [5.74, 6) is 0. The van der Waals surface area contributed by atoms with E-state index in [-0.39, 0.29) is 0 Å². The van der Waals surface area contributed by atoms with Crippen molar-refractivity contribution in [1.29, 1.82) is 0 Å². The van der Waals surface area contributed by atoms with Gasteiger partial charge < -0.3 is 0 Å². The molecule has 0 unspecified atom stereocenters. The zero-order valence-electron chi connectivity index (χ0n) is 22.7. The molecule has 0 atom stereocenters. The van der Waals surface area contributed by atoms with E-state index in [1.807, 2.05) is 23.1 Å². The standard InChI is InChI=1S/C40H24S2/c1-3-13-36-31(7-1)34-11-6-10-33-29(23-24-38(41-36)39(33)34)27-19-15-25(16-20-27)26-17-21-28(22-18-26)30-9-5-12-35-32-8-2-4-14-37(32)42-40(30)35/h1-24H. The molecule has 0 amide bonds. The molecule has 2 heteroatoms. The summed E-state index contributed by atoms with van der Waals surface area (Å²) >= 11 is 3.77. The number of rotatable bonds is 3. The van der Waals surface area contributed by atoms with Gasteiger partial charge in [0, 0.05) is 35.3 Å². The van der Waals surface area contributed by atoms with Gasteiger partial charge in [-0.25, -0.2) is 0 Å². The van der Waals surface area contributed by atoms with E-state index in [0.29, 0.717) is 0 Å². The summed E-state index contributed by atoms with van der Waals surface area (Å²) in [5, 5.41) is 5.37. The van der Waals surface area contributed by atoms with Crippen LogP contribution in [0.5, 0.6) is 0 Å². The van der Waals surface area contributed by atoms with Gasteiger partial charge in [0.2, 0.25) is 0 Å². The van der Waals surface area contributed by atoms with Crippen molar-refractivity contribution in [2.45, 2.75) is 9.79 Å². The molecule has 196 valence electrons. The van der Waals surface area contributed by atoms with Crippen LogP contribution in [0.15, 0.2) is 155 Å². The van der Waals surface area contributed by atoms with Crippen molar-refractivity contribution in [2.24, 2.45) is 0 Å². The molecular formula is C40H24S2. The van der Waals surface area contributed by atoms with Crippen LogP contribution in [-0.2, 0) is 0 Å². The molecule has 0 nitrogen and oxygen atoms in total. The maximum Gasteiger partial charge on any atom is 0.0433 e. The normalized spacial score (nSPS) is 12.2. The van der Waals surface area contributed by atoms with Crippen LogP contribution < -0.4 is 0 Å². The molecule has 0 spiro atoms. The molecule has 1 aromatic heterocycles. The highest BCUT2D eigenvalue weighted by molar-refractivity contribution is 7.99. The topological polar surface area (TPSA) is 0 Å². The lowest BCUT2D eigenvalue weighted by Crippen LogP contribution is -1.94. The van der Waals surface area contributed by atoms with Gasteiger partial charge in [0.05, 0.1) is 0 Å². The highest BCUT2D eigenvalue weighted by Crippen LogP contribution is 2.49. The predicted molar refractivity (Wildman–Crippen MR) is 183 cm³/mol. The molecule has 0 fully saturated rings. The van der Waals surface area contributed by atoms with Crippen LogP contribution in [0, 0.1) is 0 Å². The van der Waals surface area contributed by atoms with Gasteiger partial charge in [0.15, 0.2) is 0 Å². The van der Waals surface area contributed by atoms with E-state index in [2.05, 4.69) is 146 Å². The molecule has 0 saturated carbocycles. The Hall–Kier alpha value is -4.63. The quantitative estimate of drug-likeness (QED) is 0.204. The van der Waals surface area contributed by atoms with Gasteiger partial charge in [-0.05, 0) is 68.1 Å². The molecule has 1 aliphatic heterocycles. The van der Waals surface area contributed by atoms with E-state index in [0.717, 1.165) is 0 Å². The monoisotopic (exact) mass is 568 g/mol. The minimum Gasteiger partial charge on any atom is -0.135 e. The molecule has 8 aromatic rings. The lowest BCUT2D eigenvalue weighted by Gasteiger charge is -2.21. The van der Waals surface area contributed by atoms with Crippen LogP contribution >= 0.6 is 23.1 Å². The molecule has 0 radical (unpaired) electrons. The number of thiophene rings is 1. The molecule has 0 aliphatic carbocycles. The van der Waals surface area contributed by atoms with E-state index in [9.17, 15) is 0 Å². The van der Waals surface area contributed by atoms with Gasteiger partial charge in [0.25, 0.3) is 0 Å². The van der Waals surface area contributed by atoms with Crippen LogP contribution in [0.25, 0.3) is 75.5 Å². The van der Waals surface area contributed by atoms with Crippen LogP contribution in [0.4, 0.5) is 0 Å². The summed E-state index contributed by atoms with van der Waals surface area (Å²) in [6, 6.07) is 53.6. The van der Waals surface area contributed by atoms with Gasteiger partial charge in [-0.1, -0.05) is 139 Å². The molecule has 7 aromatic carbocycles. The Bertz CT molecular complexity index is 2310. The molecule has 1 aliphatic rings. The Labute approximate surface area is 252 Å². The zero-order chi connectivity index (χ0) is 27.6. The van der Waals surface area contributed by atoms with Crippen molar-refractivity contribution in [1.82, 2.24) is 0 Å². The Morgan fingerprint density at radius 3 is 1.74 bits per heavy atom. The predicted octanol–water partition coefficient (Wildman–Crippen LogP) is 12.3. The summed E-state index contributed by atoms with van der Waals surface area (Å²) < 4.78 is 2.70. The summed E-state index contributed by atoms with van der Waals surface area (Å²) in [6.45, 7) is 0. The number of fused-ring (bicyclic) bond motifs is 5. The van der Waals surface area contributed by atoms with Crippen LogP contribution in [0.2, 0.25) is 0 Å². The first-order chi connectivity index (χ1) is 20.8. The largest absolute Gasteiger partial charge is 0.135 e. The van der Waals surface area contributed by atoms with Crippen molar-refractivity contribution in [2.75, 3.05) is 0 Å². The van der Waals surface area contributed by atoms with Crippen molar-refractivity contribution in [3.8, 4) is 44.5 Å². The summed E-state index contributed by atoms with van der Waals surface area (Å²) in [4.78, 5) is 2.67. The van der Waals surface area contributed by atoms with Gasteiger partial charge in [-0.3, -0.25) is 0 Å². The first-order valence-corrected chi connectivity index (χ1v) is 15.9. The second kappa shape index (κ2) is 9.46. The van der Waals surface area contributed by atoms with Crippen LogP contribution in [0.1, 0.15) is 0 Å². The first kappa shape index (κ1) is 24.0. The third kappa shape index (κ3) is 3.69. The highest BCUT2D eigenvalue weighted by atomic mass is 32.2. The average molecular weight is 569 g/mol. The first-order valence-electron chi connectivity index (χ1n) is 14.3. The van der Waals surface area contributed by atoms with Gasteiger partial charge in [-0.15, -0.1) is 11.3 Å². The molecule has 0 bridgehead atoms. The van der Waals surface area contributed by atoms with E-state index in [1.165, 1.54) is 85.2 Å². The Kier molecular flexibility index (Phi) is 5.41. The smallest absolute Gasteiger partial charge is 0.0433 e. The van der Waals surface area contributed by atoms with Crippen molar-refractivity contribution < 1.29 is 0 Å². The highest BCUT2D eigenvalue weighted by Gasteiger charge is 2.20. The summed E-state index contributed by atoms with van der Waals surface area (Å²) in [6.07, 6.45) is 0. The number of benzene rings is 7. The molecule has 0 N–H and O–H groups in total. The molecule has 42 heavy (non-hydrogen) atoms. The molecular weight excluding hydrogens is 545 g/mol. The minimum absolute atomic E-state index is 1.23. The third-order valence-corrected chi connectivity index (χ3v) is 10.9. The second-order valence-corrected chi connectivity index (χ2v) is 13.0. The van der Waals surface area contributed by atoms with E-state index < -0.39 is 0 Å². The Morgan fingerprint density at radius 1 is 0.333 bits per heavy atom. The molecule has 0 saturated heterocycles. The van der Waals surface area contributed by atoms with Crippen molar-refractivity contribution in [3.05, 3.63) is 146 Å². The average Bonchev–Trinajstić information content (AvgIpc) is 3.44. The maximum absolute atomic E-state index is 2.30. The lowest BCUT2D eigenvalue weighted by molar-refractivity contribution is 1.40. The van der Waals surface area contributed by atoms with Gasteiger partial charge >= 0.3 is 0 Å². The Morgan fingerprint density at radius 2 is 0.929 bits per heavy atom. The zero-order valence-corrected chi connectivity index (χ0v) is 24.3. The lowest BCUT2D eigenvalue weighted by atomic mass is 9.91. The second-order valence-electron chi connectivity index (χ2n) is 10.9.